The summed E-state index contributed by atoms with van der Waals surface area (Å²) < 4.78 is 31.4. The molecule has 15 heteroatoms. The van der Waals surface area contributed by atoms with E-state index >= 15 is 0 Å². The summed E-state index contributed by atoms with van der Waals surface area (Å²) in [5.74, 6) is -4.53. The molecule has 220 valence electrons. The van der Waals surface area contributed by atoms with Gasteiger partial charge in [0.2, 0.25) is 0 Å². The van der Waals surface area contributed by atoms with E-state index in [-0.39, 0.29) is 51.8 Å². The van der Waals surface area contributed by atoms with Crippen molar-refractivity contribution in [3.05, 3.63) is 63.7 Å². The molecule has 3 rings (SSSR count). The first-order valence-electron chi connectivity index (χ1n) is 11.8. The van der Waals surface area contributed by atoms with Crippen molar-refractivity contribution < 1.29 is 92.3 Å². The van der Waals surface area contributed by atoms with Crippen LogP contribution in [0.3, 0.4) is 0 Å². The SMILES string of the molecule is Cc1[c-]c(C)c(C(=O)O)c(S(=O)(=O)O)c1C(=O)O.O=C(O)c1cccc(C(=O)O)c1.OCC1CCC(CO)CC1.[Na+]. The summed E-state index contributed by atoms with van der Waals surface area (Å²) >= 11 is 0. The molecule has 0 aromatic heterocycles. The van der Waals surface area contributed by atoms with E-state index < -0.39 is 50.0 Å². The van der Waals surface area contributed by atoms with Crippen LogP contribution in [0.15, 0.2) is 29.2 Å². The van der Waals surface area contributed by atoms with Crippen molar-refractivity contribution in [3.8, 4) is 0 Å². The van der Waals surface area contributed by atoms with Crippen LogP contribution in [0.25, 0.3) is 0 Å². The maximum Gasteiger partial charge on any atom is 1.00 e. The fourth-order valence-electron chi connectivity index (χ4n) is 4.03. The van der Waals surface area contributed by atoms with Gasteiger partial charge in [0.15, 0.2) is 0 Å². The van der Waals surface area contributed by atoms with Gasteiger partial charge in [-0.05, 0) is 66.8 Å². The van der Waals surface area contributed by atoms with Crippen LogP contribution in [-0.4, -0.2) is 80.7 Å². The Bertz CT molecular complexity index is 1270. The molecular formula is C26H31NaO13S. The van der Waals surface area contributed by atoms with E-state index in [1.807, 2.05) is 0 Å². The summed E-state index contributed by atoms with van der Waals surface area (Å²) in [6, 6.07) is 7.64. The number of hydrogen-bond acceptors (Lipinski definition) is 8. The van der Waals surface area contributed by atoms with Crippen molar-refractivity contribution in [2.24, 2.45) is 11.8 Å². The molecule has 0 unspecified atom stereocenters. The summed E-state index contributed by atoms with van der Waals surface area (Å²) in [5.41, 5.74) is -1.76. The summed E-state index contributed by atoms with van der Waals surface area (Å²) in [6.07, 6.45) is 4.40. The average Bonchev–Trinajstić information content (AvgIpc) is 2.88. The number of hydrogen-bond donors (Lipinski definition) is 7. The van der Waals surface area contributed by atoms with Crippen LogP contribution < -0.4 is 29.6 Å². The van der Waals surface area contributed by atoms with Gasteiger partial charge in [-0.3, -0.25) is 14.1 Å². The molecule has 0 saturated heterocycles. The Morgan fingerprint density at radius 1 is 0.756 bits per heavy atom. The minimum atomic E-state index is -4.98. The first-order valence-corrected chi connectivity index (χ1v) is 13.3. The number of aryl methyl sites for hydroxylation is 2. The number of aromatic carboxylic acids is 4. The van der Waals surface area contributed by atoms with Crippen molar-refractivity contribution >= 4 is 34.0 Å². The zero-order valence-corrected chi connectivity index (χ0v) is 25.5. The Morgan fingerprint density at radius 2 is 1.10 bits per heavy atom. The molecule has 0 atom stereocenters. The van der Waals surface area contributed by atoms with Crippen molar-refractivity contribution in [3.63, 3.8) is 0 Å². The predicted molar refractivity (Wildman–Crippen MR) is 138 cm³/mol. The van der Waals surface area contributed by atoms with Gasteiger partial charge in [-0.15, -0.1) is 11.1 Å². The molecular weight excluding hydrogens is 575 g/mol. The van der Waals surface area contributed by atoms with Crippen LogP contribution >= 0.6 is 0 Å². The molecule has 7 N–H and O–H groups in total. The largest absolute Gasteiger partial charge is 1.00 e. The fraction of sp³-hybridized carbons (Fsp3) is 0.385. The minimum Gasteiger partial charge on any atom is -0.487 e. The molecule has 0 heterocycles. The van der Waals surface area contributed by atoms with Gasteiger partial charge in [0, 0.05) is 18.1 Å². The Kier molecular flexibility index (Phi) is 16.0. The first-order chi connectivity index (χ1) is 18.5. The van der Waals surface area contributed by atoms with Gasteiger partial charge >= 0.3 is 41.5 Å². The summed E-state index contributed by atoms with van der Waals surface area (Å²) in [7, 11) is -4.98. The number of rotatable bonds is 7. The second-order valence-corrected chi connectivity index (χ2v) is 10.3. The molecule has 2 aromatic carbocycles. The maximum absolute atomic E-state index is 11.2. The van der Waals surface area contributed by atoms with Gasteiger partial charge < -0.3 is 30.6 Å². The van der Waals surface area contributed by atoms with E-state index in [1.54, 1.807) is 0 Å². The van der Waals surface area contributed by atoms with E-state index in [0.717, 1.165) is 31.7 Å². The van der Waals surface area contributed by atoms with Gasteiger partial charge in [-0.25, -0.2) is 9.59 Å². The number of carbonyl (C=O) groups is 4. The number of carboxylic acids is 4. The topological polar surface area (TPSA) is 244 Å². The molecule has 0 bridgehead atoms. The molecule has 1 fully saturated rings. The van der Waals surface area contributed by atoms with Crippen molar-refractivity contribution in [2.75, 3.05) is 13.2 Å². The number of carboxylic acid groups (broad SMARTS) is 4. The third-order valence-corrected chi connectivity index (χ3v) is 7.03. The van der Waals surface area contributed by atoms with Gasteiger partial charge in [0.25, 0.3) is 22.1 Å². The zero-order chi connectivity index (χ0) is 30.8. The Morgan fingerprint density at radius 3 is 1.34 bits per heavy atom. The predicted octanol–water partition coefficient (Wildman–Crippen LogP) is -0.389. The third kappa shape index (κ3) is 11.5. The number of aliphatic hydroxyl groups is 2. The van der Waals surface area contributed by atoms with Crippen LogP contribution in [0.5, 0.6) is 0 Å². The molecule has 2 aromatic rings. The standard InChI is InChI=1S/C10H9O7S.C8H6O4.C8H16O2.Na/c1-4-3-5(2)7(10(13)14)8(18(15,16)17)6(4)9(11)12;9-7(10)5-2-1-3-6(4-5)8(11)12;9-5-7-1-2-8(6-10)4-3-7;/h1-2H3,(H,11,12)(H,13,14)(H,15,16,17);1-4H,(H,9,10)(H,11,12);7-10H,1-6H2;/q-1;;;+1. The van der Waals surface area contributed by atoms with Crippen molar-refractivity contribution in [1.29, 1.82) is 0 Å². The first kappa shape index (κ1) is 38.1. The molecule has 1 aliphatic carbocycles. The van der Waals surface area contributed by atoms with Crippen molar-refractivity contribution in [1.82, 2.24) is 0 Å². The summed E-state index contributed by atoms with van der Waals surface area (Å²) in [6.45, 7) is 3.18. The zero-order valence-electron chi connectivity index (χ0n) is 22.7. The van der Waals surface area contributed by atoms with E-state index in [4.69, 9.17) is 35.2 Å². The quantitative estimate of drug-likeness (QED) is 0.121. The maximum atomic E-state index is 11.2. The third-order valence-electron chi connectivity index (χ3n) is 6.10. The normalized spacial score (nSPS) is 16.0. The molecule has 0 aliphatic heterocycles. The molecule has 13 nitrogen and oxygen atoms in total. The summed E-state index contributed by atoms with van der Waals surface area (Å²) in [5, 5.41) is 52.4. The molecule has 0 amide bonds. The monoisotopic (exact) mass is 606 g/mol. The van der Waals surface area contributed by atoms with Gasteiger partial charge in [0.1, 0.15) is 0 Å². The van der Waals surface area contributed by atoms with Gasteiger partial charge in [0.05, 0.1) is 11.1 Å². The van der Waals surface area contributed by atoms with Crippen LogP contribution in [-0.2, 0) is 10.1 Å². The minimum absolute atomic E-state index is 0. The Hall–Kier alpha value is -2.85. The smallest absolute Gasteiger partial charge is 0.487 e. The second-order valence-electron chi connectivity index (χ2n) is 8.98. The van der Waals surface area contributed by atoms with E-state index in [0.29, 0.717) is 25.0 Å². The number of aliphatic hydroxyl groups excluding tert-OH is 2. The summed E-state index contributed by atoms with van der Waals surface area (Å²) in [4.78, 5) is 41.6. The average molecular weight is 607 g/mol. The fourth-order valence-corrected chi connectivity index (χ4v) is 5.02. The number of benzene rings is 2. The Balaban J connectivity index is 0.000000608. The van der Waals surface area contributed by atoms with Crippen molar-refractivity contribution in [2.45, 2.75) is 44.4 Å². The Labute approximate surface area is 258 Å². The molecule has 1 aliphatic rings. The van der Waals surface area contributed by atoms with Gasteiger partial charge in [-0.2, -0.15) is 14.5 Å². The van der Waals surface area contributed by atoms with E-state index in [9.17, 15) is 27.6 Å². The van der Waals surface area contributed by atoms with Crippen LogP contribution in [0.1, 0.15) is 78.2 Å². The van der Waals surface area contributed by atoms with Crippen LogP contribution in [0.4, 0.5) is 0 Å². The van der Waals surface area contributed by atoms with Crippen LogP contribution in [0, 0.1) is 31.7 Å². The van der Waals surface area contributed by atoms with E-state index in [2.05, 4.69) is 6.07 Å². The molecule has 0 spiro atoms. The van der Waals surface area contributed by atoms with Gasteiger partial charge in [-0.1, -0.05) is 19.9 Å². The van der Waals surface area contributed by atoms with E-state index in [1.165, 1.54) is 32.0 Å². The molecule has 41 heavy (non-hydrogen) atoms. The molecule has 1 saturated carbocycles. The molecule has 0 radical (unpaired) electrons. The second kappa shape index (κ2) is 17.2. The van der Waals surface area contributed by atoms with Crippen LogP contribution in [0.2, 0.25) is 0 Å².